The lowest BCUT2D eigenvalue weighted by atomic mass is 10.1. The van der Waals surface area contributed by atoms with Gasteiger partial charge in [0.25, 0.3) is 15.7 Å². The lowest BCUT2D eigenvalue weighted by Gasteiger charge is -2.27. The van der Waals surface area contributed by atoms with E-state index in [-0.39, 0.29) is 13.0 Å². The minimum absolute atomic E-state index is 0.00583. The fourth-order valence-electron chi connectivity index (χ4n) is 2.71. The van der Waals surface area contributed by atoms with E-state index in [1.54, 1.807) is 24.3 Å². The molecule has 0 heterocycles. The van der Waals surface area contributed by atoms with Crippen molar-refractivity contribution in [3.05, 3.63) is 82.9 Å². The van der Waals surface area contributed by atoms with Crippen molar-refractivity contribution in [2.24, 2.45) is 0 Å². The van der Waals surface area contributed by atoms with Crippen molar-refractivity contribution in [1.82, 2.24) is 4.31 Å². The molecule has 0 aromatic heterocycles. The van der Waals surface area contributed by atoms with Gasteiger partial charge in [0, 0.05) is 12.6 Å². The van der Waals surface area contributed by atoms with Crippen LogP contribution in [0, 0.1) is 10.1 Å². The number of para-hydroxylation sites is 1. The topological polar surface area (TPSA) is 97.6 Å². The summed E-state index contributed by atoms with van der Waals surface area (Å²) in [6, 6.07) is 13.1. The molecule has 0 aliphatic carbocycles. The number of nitro groups is 1. The number of carbonyl (C=O) groups is 1. The number of hydrogen-bond acceptors (Lipinski definition) is 5. The zero-order valence-corrected chi connectivity index (χ0v) is 15.4. The molecule has 2 aromatic carbocycles. The van der Waals surface area contributed by atoms with Crippen LogP contribution in [0.4, 0.5) is 5.69 Å². The molecule has 0 saturated carbocycles. The van der Waals surface area contributed by atoms with Gasteiger partial charge >= 0.3 is 0 Å². The monoisotopic (exact) mass is 388 g/mol. The van der Waals surface area contributed by atoms with Crippen molar-refractivity contribution < 1.29 is 18.1 Å². The van der Waals surface area contributed by atoms with E-state index in [4.69, 9.17) is 0 Å². The van der Waals surface area contributed by atoms with Gasteiger partial charge in [-0.3, -0.25) is 10.1 Å². The maximum Gasteiger partial charge on any atom is 0.289 e. The van der Waals surface area contributed by atoms with Crippen LogP contribution in [-0.4, -0.2) is 36.5 Å². The maximum absolute atomic E-state index is 13.2. The Morgan fingerprint density at radius 1 is 1.11 bits per heavy atom. The van der Waals surface area contributed by atoms with Gasteiger partial charge in [-0.05, 0) is 24.5 Å². The van der Waals surface area contributed by atoms with Crippen LogP contribution in [0.2, 0.25) is 0 Å². The summed E-state index contributed by atoms with van der Waals surface area (Å²) in [5.74, 6) is 0. The number of nitro benzene ring substituents is 1. The number of carbonyl (C=O) groups excluding carboxylic acids is 1. The molecule has 142 valence electrons. The van der Waals surface area contributed by atoms with Gasteiger partial charge in [0.05, 0.1) is 11.0 Å². The first-order chi connectivity index (χ1) is 12.9. The predicted octanol–water partition coefficient (Wildman–Crippen LogP) is 2.97. The van der Waals surface area contributed by atoms with Crippen LogP contribution < -0.4 is 0 Å². The molecule has 0 saturated heterocycles. The smallest absolute Gasteiger partial charge is 0.289 e. The van der Waals surface area contributed by atoms with Gasteiger partial charge in [-0.15, -0.1) is 6.58 Å². The highest BCUT2D eigenvalue weighted by molar-refractivity contribution is 7.89. The minimum atomic E-state index is -4.27. The molecule has 2 rings (SSSR count). The minimum Gasteiger partial charge on any atom is -0.302 e. The molecular formula is C19H20N2O5S. The van der Waals surface area contributed by atoms with Crippen molar-refractivity contribution in [2.45, 2.75) is 23.8 Å². The van der Waals surface area contributed by atoms with Crippen molar-refractivity contribution in [2.75, 3.05) is 6.54 Å². The van der Waals surface area contributed by atoms with Crippen molar-refractivity contribution in [1.29, 1.82) is 0 Å². The van der Waals surface area contributed by atoms with E-state index in [9.17, 15) is 23.3 Å². The predicted molar refractivity (Wildman–Crippen MR) is 102 cm³/mol. The molecule has 0 aliphatic heterocycles. The molecule has 8 heteroatoms. The van der Waals surface area contributed by atoms with Gasteiger partial charge in [-0.2, -0.15) is 4.31 Å². The Morgan fingerprint density at radius 3 is 2.33 bits per heavy atom. The van der Waals surface area contributed by atoms with E-state index in [0.717, 1.165) is 15.9 Å². The van der Waals surface area contributed by atoms with E-state index in [1.807, 2.05) is 6.07 Å². The van der Waals surface area contributed by atoms with Crippen molar-refractivity contribution in [3.63, 3.8) is 0 Å². The second kappa shape index (κ2) is 9.20. The van der Waals surface area contributed by atoms with Crippen LogP contribution in [-0.2, 0) is 21.2 Å². The molecule has 0 radical (unpaired) electrons. The fourth-order valence-corrected chi connectivity index (χ4v) is 4.45. The van der Waals surface area contributed by atoms with Gasteiger partial charge in [-0.1, -0.05) is 48.5 Å². The molecule has 0 unspecified atom stereocenters. The summed E-state index contributed by atoms with van der Waals surface area (Å²) in [7, 11) is -4.27. The van der Waals surface area contributed by atoms with E-state index in [2.05, 4.69) is 6.58 Å². The van der Waals surface area contributed by atoms with Crippen LogP contribution >= 0.6 is 0 Å². The molecular weight excluding hydrogens is 368 g/mol. The highest BCUT2D eigenvalue weighted by atomic mass is 32.2. The third-order valence-electron chi connectivity index (χ3n) is 4.02. The molecule has 0 aliphatic rings. The third kappa shape index (κ3) is 4.87. The maximum atomic E-state index is 13.2. The Kier molecular flexibility index (Phi) is 6.98. The fraction of sp³-hybridized carbons (Fsp3) is 0.211. The van der Waals surface area contributed by atoms with Gasteiger partial charge in [0.2, 0.25) is 0 Å². The SMILES string of the molecule is C=CCCN([C@H](C=O)Cc1ccccc1)S(=O)(=O)c1ccccc1[N+](=O)[O-]. The molecule has 2 aromatic rings. The average molecular weight is 388 g/mol. The third-order valence-corrected chi connectivity index (χ3v) is 5.99. The number of nitrogens with zero attached hydrogens (tertiary/aromatic N) is 2. The highest BCUT2D eigenvalue weighted by Gasteiger charge is 2.35. The number of benzene rings is 2. The molecule has 0 spiro atoms. The summed E-state index contributed by atoms with van der Waals surface area (Å²) in [5.41, 5.74) is 0.265. The highest BCUT2D eigenvalue weighted by Crippen LogP contribution is 2.28. The van der Waals surface area contributed by atoms with Gasteiger partial charge in [-0.25, -0.2) is 8.42 Å². The average Bonchev–Trinajstić information content (AvgIpc) is 2.68. The molecule has 0 fully saturated rings. The first kappa shape index (κ1) is 20.5. The Balaban J connectivity index is 2.49. The Morgan fingerprint density at radius 2 is 1.74 bits per heavy atom. The molecule has 0 amide bonds. The largest absolute Gasteiger partial charge is 0.302 e. The number of sulfonamides is 1. The number of aldehydes is 1. The zero-order valence-electron chi connectivity index (χ0n) is 14.6. The summed E-state index contributed by atoms with van der Waals surface area (Å²) in [4.78, 5) is 21.8. The van der Waals surface area contributed by atoms with Crippen LogP contribution in [0.15, 0.2) is 72.1 Å². The van der Waals surface area contributed by atoms with Crippen LogP contribution in [0.3, 0.4) is 0 Å². The Labute approximate surface area is 158 Å². The summed E-state index contributed by atoms with van der Waals surface area (Å²) in [5, 5.41) is 11.3. The quantitative estimate of drug-likeness (QED) is 0.270. The summed E-state index contributed by atoms with van der Waals surface area (Å²) in [6.45, 7) is 3.58. The zero-order chi connectivity index (χ0) is 19.9. The summed E-state index contributed by atoms with van der Waals surface area (Å²) < 4.78 is 27.4. The lowest BCUT2D eigenvalue weighted by Crippen LogP contribution is -2.43. The van der Waals surface area contributed by atoms with Crippen molar-refractivity contribution >= 4 is 22.0 Å². The lowest BCUT2D eigenvalue weighted by molar-refractivity contribution is -0.387. The van der Waals surface area contributed by atoms with Crippen LogP contribution in [0.25, 0.3) is 0 Å². The second-order valence-electron chi connectivity index (χ2n) is 5.81. The van der Waals surface area contributed by atoms with E-state index in [0.29, 0.717) is 12.7 Å². The Bertz CT molecular complexity index is 913. The number of hydrogen-bond donors (Lipinski definition) is 0. The van der Waals surface area contributed by atoms with E-state index >= 15 is 0 Å². The first-order valence-electron chi connectivity index (χ1n) is 8.27. The van der Waals surface area contributed by atoms with E-state index < -0.39 is 31.6 Å². The van der Waals surface area contributed by atoms with Crippen LogP contribution in [0.5, 0.6) is 0 Å². The first-order valence-corrected chi connectivity index (χ1v) is 9.71. The molecule has 7 nitrogen and oxygen atoms in total. The van der Waals surface area contributed by atoms with Crippen LogP contribution in [0.1, 0.15) is 12.0 Å². The van der Waals surface area contributed by atoms with Crippen molar-refractivity contribution in [3.8, 4) is 0 Å². The molecule has 0 bridgehead atoms. The number of rotatable bonds is 10. The Hall–Kier alpha value is -2.84. The van der Waals surface area contributed by atoms with Gasteiger partial charge in [0.15, 0.2) is 4.90 Å². The summed E-state index contributed by atoms with van der Waals surface area (Å²) >= 11 is 0. The van der Waals surface area contributed by atoms with Gasteiger partial charge < -0.3 is 4.79 Å². The normalized spacial score (nSPS) is 12.5. The second-order valence-corrected chi connectivity index (χ2v) is 7.67. The molecule has 27 heavy (non-hydrogen) atoms. The molecule has 1 atom stereocenters. The van der Waals surface area contributed by atoms with Gasteiger partial charge in [0.1, 0.15) is 6.29 Å². The molecule has 0 N–H and O–H groups in total. The summed E-state index contributed by atoms with van der Waals surface area (Å²) in [6.07, 6.45) is 2.56. The van der Waals surface area contributed by atoms with E-state index in [1.165, 1.54) is 24.3 Å². The standard InChI is InChI=1S/C19H20N2O5S/c1-2-3-13-20(17(15-22)14-16-9-5-4-6-10-16)27(25,26)19-12-8-7-11-18(19)21(23)24/h2,4-12,15,17H,1,3,13-14H2/t17-/m0/s1.